The molecule has 12 heteroatoms. The number of phosphoric ester groups is 1. The van der Waals surface area contributed by atoms with Gasteiger partial charge in [-0.25, -0.2) is 9.36 Å². The molecule has 1 amide bonds. The number of carboxylic acids is 1. The monoisotopic (exact) mass is 834 g/mol. The number of allylic oxidation sites excluding steroid dienone is 14. The molecule has 0 aromatic heterocycles. The molecule has 0 saturated heterocycles. The molecule has 0 bridgehead atoms. The van der Waals surface area contributed by atoms with Crippen LogP contribution in [0.5, 0.6) is 0 Å². The maximum Gasteiger partial charge on any atom is 0.472 e. The molecule has 0 aromatic carbocycles. The van der Waals surface area contributed by atoms with E-state index in [0.717, 1.165) is 77.0 Å². The third-order valence-electron chi connectivity index (χ3n) is 8.68. The van der Waals surface area contributed by atoms with E-state index in [-0.39, 0.29) is 12.8 Å². The number of unbranched alkanes of at least 4 members (excludes halogenated alkanes) is 11. The molecule has 0 fully saturated rings. The first kappa shape index (κ1) is 54.7. The molecule has 0 radical (unpaired) electrons. The van der Waals surface area contributed by atoms with Crippen molar-refractivity contribution in [3.63, 3.8) is 0 Å². The number of aliphatic hydroxyl groups excluding tert-OH is 1. The van der Waals surface area contributed by atoms with Gasteiger partial charge in [0.15, 0.2) is 6.04 Å². The van der Waals surface area contributed by atoms with E-state index in [9.17, 15) is 34.1 Å². The topological polar surface area (TPSA) is 169 Å². The molecule has 0 heterocycles. The Kier molecular flexibility index (Phi) is 38.1. The summed E-state index contributed by atoms with van der Waals surface area (Å²) in [7, 11) is -4.78. The van der Waals surface area contributed by atoms with Crippen molar-refractivity contribution in [1.82, 2.24) is 5.32 Å². The molecule has 3 unspecified atom stereocenters. The lowest BCUT2D eigenvalue weighted by Gasteiger charge is -2.18. The van der Waals surface area contributed by atoms with Crippen molar-refractivity contribution >= 4 is 25.7 Å². The molecule has 0 rings (SSSR count). The fourth-order valence-corrected chi connectivity index (χ4v) is 6.11. The van der Waals surface area contributed by atoms with Crippen LogP contribution in [0.3, 0.4) is 0 Å². The number of carbonyl (C=O) groups excluding carboxylic acids is 2. The van der Waals surface area contributed by atoms with E-state index in [2.05, 4.69) is 86.0 Å². The van der Waals surface area contributed by atoms with E-state index in [1.54, 1.807) is 0 Å². The summed E-state index contributed by atoms with van der Waals surface area (Å²) in [6.07, 6.45) is 49.1. The molecular weight excluding hydrogens is 757 g/mol. The second-order valence-electron chi connectivity index (χ2n) is 14.1. The predicted octanol–water partition coefficient (Wildman–Crippen LogP) is 11.1. The average molecular weight is 834 g/mol. The van der Waals surface area contributed by atoms with Gasteiger partial charge in [-0.05, 0) is 77.0 Å². The first-order chi connectivity index (χ1) is 28.1. The highest BCUT2D eigenvalue weighted by Crippen LogP contribution is 2.43. The Morgan fingerprint density at radius 1 is 0.569 bits per heavy atom. The van der Waals surface area contributed by atoms with Crippen LogP contribution >= 0.6 is 7.82 Å². The number of carboxylic acid groups (broad SMARTS) is 1. The van der Waals surface area contributed by atoms with Crippen molar-refractivity contribution in [2.75, 3.05) is 19.8 Å². The second-order valence-corrected chi connectivity index (χ2v) is 15.6. The van der Waals surface area contributed by atoms with Crippen LogP contribution in [0.15, 0.2) is 85.1 Å². The molecule has 11 nitrogen and oxygen atoms in total. The number of esters is 1. The van der Waals surface area contributed by atoms with Crippen LogP contribution in [0.4, 0.5) is 0 Å². The van der Waals surface area contributed by atoms with Crippen LogP contribution in [-0.2, 0) is 32.7 Å². The maximum absolute atomic E-state index is 12.3. The lowest BCUT2D eigenvalue weighted by Crippen LogP contribution is -2.43. The summed E-state index contributed by atoms with van der Waals surface area (Å²) in [6.45, 7) is 2.37. The van der Waals surface area contributed by atoms with Crippen molar-refractivity contribution in [1.29, 1.82) is 0 Å². The van der Waals surface area contributed by atoms with E-state index in [4.69, 9.17) is 13.8 Å². The van der Waals surface area contributed by atoms with E-state index < -0.39 is 57.6 Å². The SMILES string of the molecule is CC/C=C\C/C=C\C/C=C\C/C=C\C/C=C\C/C=C\CCC(=O)OCC(O)COP(=O)(O)OCC(NC(=O)CCCCCCC/C=C\CCCCCCCC)C(=O)O. The van der Waals surface area contributed by atoms with Gasteiger partial charge in [0.1, 0.15) is 12.7 Å². The van der Waals surface area contributed by atoms with Crippen LogP contribution < -0.4 is 5.32 Å². The number of hydrogen-bond donors (Lipinski definition) is 4. The number of aliphatic hydroxyl groups is 1. The first-order valence-electron chi connectivity index (χ1n) is 21.6. The van der Waals surface area contributed by atoms with E-state index >= 15 is 0 Å². The number of amides is 1. The average Bonchev–Trinajstić information content (AvgIpc) is 3.20. The smallest absolute Gasteiger partial charge is 0.472 e. The molecule has 4 N–H and O–H groups in total. The van der Waals surface area contributed by atoms with Crippen molar-refractivity contribution in [3.05, 3.63) is 85.1 Å². The third-order valence-corrected chi connectivity index (χ3v) is 9.63. The van der Waals surface area contributed by atoms with E-state index in [1.807, 2.05) is 18.2 Å². The van der Waals surface area contributed by atoms with Gasteiger partial charge in [0.05, 0.1) is 13.2 Å². The van der Waals surface area contributed by atoms with Gasteiger partial charge in [-0.1, -0.05) is 150 Å². The van der Waals surface area contributed by atoms with Gasteiger partial charge >= 0.3 is 19.8 Å². The Labute approximate surface area is 350 Å². The van der Waals surface area contributed by atoms with Gasteiger partial charge in [-0.15, -0.1) is 0 Å². The van der Waals surface area contributed by atoms with Crippen LogP contribution in [0.2, 0.25) is 0 Å². The highest BCUT2D eigenvalue weighted by molar-refractivity contribution is 7.47. The molecule has 0 aromatic rings. The highest BCUT2D eigenvalue weighted by Gasteiger charge is 2.28. The van der Waals surface area contributed by atoms with Crippen LogP contribution in [0.25, 0.3) is 0 Å². The minimum atomic E-state index is -4.78. The van der Waals surface area contributed by atoms with Gasteiger partial charge in [-0.2, -0.15) is 0 Å². The predicted molar refractivity (Wildman–Crippen MR) is 235 cm³/mol. The van der Waals surface area contributed by atoms with Gasteiger partial charge in [0, 0.05) is 12.8 Å². The number of hydrogen-bond acceptors (Lipinski definition) is 8. The Bertz CT molecular complexity index is 1300. The summed E-state index contributed by atoms with van der Waals surface area (Å²) in [5.74, 6) is -2.49. The number of rotatable bonds is 39. The highest BCUT2D eigenvalue weighted by atomic mass is 31.2. The Hall–Kier alpha value is -3.34. The van der Waals surface area contributed by atoms with Crippen molar-refractivity contribution < 1.29 is 47.8 Å². The molecule has 58 heavy (non-hydrogen) atoms. The van der Waals surface area contributed by atoms with E-state index in [1.165, 1.54) is 38.5 Å². The van der Waals surface area contributed by atoms with E-state index in [0.29, 0.717) is 12.8 Å². The van der Waals surface area contributed by atoms with Gasteiger partial charge < -0.3 is 25.2 Å². The zero-order valence-electron chi connectivity index (χ0n) is 35.6. The summed E-state index contributed by atoms with van der Waals surface area (Å²) < 4.78 is 26.7. The van der Waals surface area contributed by atoms with Gasteiger partial charge in [0.25, 0.3) is 0 Å². The van der Waals surface area contributed by atoms with Crippen molar-refractivity contribution in [2.45, 2.75) is 167 Å². The molecule has 0 saturated carbocycles. The van der Waals surface area contributed by atoms with Crippen molar-refractivity contribution in [3.8, 4) is 0 Å². The number of aliphatic carboxylic acids is 1. The third kappa shape index (κ3) is 39.5. The molecule has 0 aliphatic rings. The fraction of sp³-hybridized carbons (Fsp3) is 0.630. The molecule has 330 valence electrons. The molecule has 0 aliphatic heterocycles. The fourth-order valence-electron chi connectivity index (χ4n) is 5.33. The largest absolute Gasteiger partial charge is 0.480 e. The molecular formula is C46H76NO10P. The molecule has 0 aliphatic carbocycles. The Morgan fingerprint density at radius 2 is 1.02 bits per heavy atom. The quantitative estimate of drug-likeness (QED) is 0.0202. The van der Waals surface area contributed by atoms with Crippen LogP contribution in [0.1, 0.15) is 155 Å². The number of carbonyl (C=O) groups is 3. The van der Waals surface area contributed by atoms with Gasteiger partial charge in [0.2, 0.25) is 5.91 Å². The first-order valence-corrected chi connectivity index (χ1v) is 23.1. The minimum Gasteiger partial charge on any atom is -0.480 e. The maximum atomic E-state index is 12.3. The summed E-state index contributed by atoms with van der Waals surface area (Å²) in [6, 6.07) is -1.56. The number of ether oxygens (including phenoxy) is 1. The summed E-state index contributed by atoms with van der Waals surface area (Å²) in [5, 5.41) is 21.8. The summed E-state index contributed by atoms with van der Waals surface area (Å²) in [5.41, 5.74) is 0. The molecule has 0 spiro atoms. The summed E-state index contributed by atoms with van der Waals surface area (Å²) in [4.78, 5) is 45.8. The Morgan fingerprint density at radius 3 is 1.53 bits per heavy atom. The van der Waals surface area contributed by atoms with Gasteiger partial charge in [-0.3, -0.25) is 18.6 Å². The number of phosphoric acid groups is 1. The lowest BCUT2D eigenvalue weighted by atomic mass is 10.1. The van der Waals surface area contributed by atoms with Crippen LogP contribution in [0, 0.1) is 0 Å². The normalized spacial score (nSPS) is 14.6. The summed E-state index contributed by atoms with van der Waals surface area (Å²) >= 11 is 0. The number of nitrogens with one attached hydrogen (secondary N) is 1. The second kappa shape index (κ2) is 40.4. The van der Waals surface area contributed by atoms with Crippen molar-refractivity contribution in [2.24, 2.45) is 0 Å². The minimum absolute atomic E-state index is 0.0941. The van der Waals surface area contributed by atoms with Crippen LogP contribution in [-0.4, -0.2) is 64.9 Å². The Balaban J connectivity index is 4.04. The molecule has 3 atom stereocenters. The standard InChI is InChI=1S/C46H76NO10P/c1-3-5-7-9-11-13-15-17-19-20-21-22-24-26-28-30-32-34-36-38-45(50)55-39-42(48)40-56-58(53,54)57-41-43(46(51)52)47-44(49)37-35-33-31-29-27-25-23-18-16-14-12-10-8-6-4-2/h5,7,11,13,17-19,21-23,26,28,32,34,42-43,48H,3-4,6,8-10,12,14-16,20,24-25,27,29-31,33,35-41H2,1-2H3,(H,47,49)(H,51,52)(H,53,54)/b7-5-,13-11-,19-17-,22-21-,23-18-,28-26-,34-32-. The lowest BCUT2D eigenvalue weighted by molar-refractivity contribution is -0.147. The zero-order valence-corrected chi connectivity index (χ0v) is 36.5. The zero-order chi connectivity index (χ0) is 42.8.